The maximum Gasteiger partial charge on any atom is 0.490 e. The average molecular weight is 690 g/mol. The molecule has 4 aliphatic heterocycles. The molecule has 17 nitrogen and oxygen atoms in total. The number of carbonyl (C=O) groups is 4. The van der Waals surface area contributed by atoms with Gasteiger partial charge in [-0.05, 0) is 27.7 Å². The highest BCUT2D eigenvalue weighted by atomic mass is 19.4. The van der Waals surface area contributed by atoms with Crippen LogP contribution in [-0.4, -0.2) is 136 Å². The van der Waals surface area contributed by atoms with E-state index in [2.05, 4.69) is 10.6 Å². The molecule has 4 rings (SSSR count). The first-order chi connectivity index (χ1) is 21.7. The first kappa shape index (κ1) is 38.8. The number of nitrogens with two attached hydrogens (primary N) is 1. The maximum atomic E-state index is 12.8. The molecule has 4 saturated heterocycles. The molecule has 0 saturated carbocycles. The number of halogens is 3. The number of methoxy groups -OCH3 is 3. The lowest BCUT2D eigenvalue weighted by atomic mass is 10.00. The van der Waals surface area contributed by atoms with Crippen LogP contribution in [0.3, 0.4) is 0 Å². The van der Waals surface area contributed by atoms with E-state index in [1.807, 2.05) is 0 Å². The van der Waals surface area contributed by atoms with Gasteiger partial charge in [-0.1, -0.05) is 0 Å². The summed E-state index contributed by atoms with van der Waals surface area (Å²) in [5.74, 6) is -6.05. The van der Waals surface area contributed by atoms with Crippen molar-refractivity contribution >= 4 is 23.8 Å². The van der Waals surface area contributed by atoms with Crippen LogP contribution in [-0.2, 0) is 61.8 Å². The lowest BCUT2D eigenvalue weighted by molar-refractivity contribution is -0.220. The molecule has 2 amide bonds. The molecule has 270 valence electrons. The molecule has 0 bridgehead atoms. The SMILES string of the molecule is COC(=O)C[C@H](NC(=O)CNC(=O)C[C@H](N)[C@H]1O[C@@H]2OC(C)(C)O[C@@H]2[C@H]1OC)[C@H]1O[C@@H]2OC(C)(C)O[C@@H]2[C@H]1OC.O=C(O)C(F)(F)F. The molecule has 0 unspecified atom stereocenters. The van der Waals surface area contributed by atoms with Crippen LogP contribution in [0.15, 0.2) is 0 Å². The molecule has 5 N–H and O–H groups in total. The van der Waals surface area contributed by atoms with Crippen molar-refractivity contribution in [2.75, 3.05) is 27.9 Å². The van der Waals surface area contributed by atoms with E-state index < -0.39 is 103 Å². The summed E-state index contributed by atoms with van der Waals surface area (Å²) in [5.41, 5.74) is 6.27. The number of carbonyl (C=O) groups excluding carboxylic acids is 3. The van der Waals surface area contributed by atoms with Gasteiger partial charge in [0.05, 0.1) is 26.1 Å². The van der Waals surface area contributed by atoms with Crippen LogP contribution < -0.4 is 16.4 Å². The van der Waals surface area contributed by atoms with Gasteiger partial charge in [0.25, 0.3) is 0 Å². The van der Waals surface area contributed by atoms with Crippen molar-refractivity contribution < 1.29 is 80.1 Å². The van der Waals surface area contributed by atoms with Crippen LogP contribution in [0.4, 0.5) is 13.2 Å². The van der Waals surface area contributed by atoms with Crippen molar-refractivity contribution in [3.05, 3.63) is 0 Å². The Bertz CT molecular complexity index is 1140. The number of aliphatic carboxylic acids is 1. The van der Waals surface area contributed by atoms with Gasteiger partial charge in [-0.15, -0.1) is 0 Å². The van der Waals surface area contributed by atoms with Gasteiger partial charge >= 0.3 is 18.1 Å². The Kier molecular flexibility index (Phi) is 12.6. The third kappa shape index (κ3) is 9.92. The minimum atomic E-state index is -5.08. The average Bonchev–Trinajstić information content (AvgIpc) is 3.64. The second-order valence-corrected chi connectivity index (χ2v) is 11.9. The first-order valence-electron chi connectivity index (χ1n) is 14.5. The van der Waals surface area contributed by atoms with Crippen molar-refractivity contribution in [2.24, 2.45) is 5.73 Å². The summed E-state index contributed by atoms with van der Waals surface area (Å²) in [5, 5.41) is 12.4. The summed E-state index contributed by atoms with van der Waals surface area (Å²) in [6.45, 7) is 6.67. The van der Waals surface area contributed by atoms with E-state index in [-0.39, 0.29) is 19.4 Å². The van der Waals surface area contributed by atoms with E-state index in [9.17, 15) is 27.6 Å². The number of ether oxygens (including phenoxy) is 9. The number of amides is 2. The Labute approximate surface area is 268 Å². The van der Waals surface area contributed by atoms with E-state index in [4.69, 9.17) is 58.3 Å². The minimum Gasteiger partial charge on any atom is -0.475 e. The van der Waals surface area contributed by atoms with Gasteiger partial charge in [-0.2, -0.15) is 13.2 Å². The van der Waals surface area contributed by atoms with Gasteiger partial charge in [-0.3, -0.25) is 14.4 Å². The van der Waals surface area contributed by atoms with Crippen molar-refractivity contribution in [3.8, 4) is 0 Å². The van der Waals surface area contributed by atoms with Crippen molar-refractivity contribution in [1.82, 2.24) is 10.6 Å². The number of nitrogens with one attached hydrogen (secondary N) is 2. The molecule has 4 aliphatic rings. The Morgan fingerprint density at radius 1 is 0.830 bits per heavy atom. The Morgan fingerprint density at radius 3 is 1.74 bits per heavy atom. The molecule has 0 aliphatic carbocycles. The van der Waals surface area contributed by atoms with E-state index in [0.717, 1.165) is 0 Å². The van der Waals surface area contributed by atoms with Gasteiger partial charge < -0.3 is 64.1 Å². The number of hydrogen-bond donors (Lipinski definition) is 4. The number of alkyl halides is 3. The summed E-state index contributed by atoms with van der Waals surface area (Å²) in [6.07, 6.45) is -10.5. The molecule has 47 heavy (non-hydrogen) atoms. The summed E-state index contributed by atoms with van der Waals surface area (Å²) >= 11 is 0. The second kappa shape index (κ2) is 15.2. The van der Waals surface area contributed by atoms with Crippen LogP contribution in [0.2, 0.25) is 0 Å². The topological polar surface area (TPSA) is 222 Å². The Morgan fingerprint density at radius 2 is 1.30 bits per heavy atom. The van der Waals surface area contributed by atoms with E-state index >= 15 is 0 Å². The van der Waals surface area contributed by atoms with Crippen LogP contribution in [0.25, 0.3) is 0 Å². The fraction of sp³-hybridized carbons (Fsp3) is 0.852. The summed E-state index contributed by atoms with van der Waals surface area (Å²) in [4.78, 5) is 46.5. The number of hydrogen-bond acceptors (Lipinski definition) is 14. The second-order valence-electron chi connectivity index (χ2n) is 11.9. The molecule has 0 aromatic rings. The zero-order chi connectivity index (χ0) is 35.5. The fourth-order valence-electron chi connectivity index (χ4n) is 5.56. The molecule has 20 heteroatoms. The van der Waals surface area contributed by atoms with Crippen molar-refractivity contribution in [2.45, 2.75) is 120 Å². The van der Waals surface area contributed by atoms with Crippen LogP contribution in [0.5, 0.6) is 0 Å². The highest BCUT2D eigenvalue weighted by Crippen LogP contribution is 2.41. The lowest BCUT2D eigenvalue weighted by Gasteiger charge is -2.30. The molecular formula is C27H42F3N3O14. The quantitative estimate of drug-likeness (QED) is 0.197. The van der Waals surface area contributed by atoms with E-state index in [0.29, 0.717) is 0 Å². The zero-order valence-corrected chi connectivity index (χ0v) is 26.9. The fourth-order valence-corrected chi connectivity index (χ4v) is 5.56. The van der Waals surface area contributed by atoms with Gasteiger partial charge in [0, 0.05) is 26.7 Å². The number of esters is 1. The molecule has 0 spiro atoms. The highest BCUT2D eigenvalue weighted by Gasteiger charge is 2.58. The lowest BCUT2D eigenvalue weighted by Crippen LogP contribution is -2.53. The number of carboxylic acid groups (broad SMARTS) is 1. The zero-order valence-electron chi connectivity index (χ0n) is 26.9. The molecule has 0 aromatic carbocycles. The van der Waals surface area contributed by atoms with Crippen molar-refractivity contribution in [3.63, 3.8) is 0 Å². The predicted molar refractivity (Wildman–Crippen MR) is 147 cm³/mol. The van der Waals surface area contributed by atoms with E-state index in [1.165, 1.54) is 21.3 Å². The maximum absolute atomic E-state index is 12.8. The third-order valence-corrected chi connectivity index (χ3v) is 7.49. The van der Waals surface area contributed by atoms with Crippen molar-refractivity contribution in [1.29, 1.82) is 0 Å². The molecular weight excluding hydrogens is 647 g/mol. The molecule has 4 heterocycles. The highest BCUT2D eigenvalue weighted by molar-refractivity contribution is 5.85. The minimum absolute atomic E-state index is 0.141. The molecule has 0 radical (unpaired) electrons. The predicted octanol–water partition coefficient (Wildman–Crippen LogP) is -0.716. The van der Waals surface area contributed by atoms with Crippen LogP contribution >= 0.6 is 0 Å². The van der Waals surface area contributed by atoms with Gasteiger partial charge in [0.1, 0.15) is 36.6 Å². The molecule has 10 atom stereocenters. The summed E-state index contributed by atoms with van der Waals surface area (Å²) < 4.78 is 82.8. The monoisotopic (exact) mass is 689 g/mol. The Balaban J connectivity index is 0.000000771. The van der Waals surface area contributed by atoms with Gasteiger partial charge in [0.2, 0.25) is 11.8 Å². The normalized spacial score (nSPS) is 33.1. The molecule has 0 aromatic heterocycles. The first-order valence-corrected chi connectivity index (χ1v) is 14.5. The number of fused-ring (bicyclic) bond motifs is 2. The van der Waals surface area contributed by atoms with Crippen LogP contribution in [0, 0.1) is 0 Å². The number of rotatable bonds is 11. The van der Waals surface area contributed by atoms with Crippen LogP contribution in [0.1, 0.15) is 40.5 Å². The van der Waals surface area contributed by atoms with Gasteiger partial charge in [-0.25, -0.2) is 4.79 Å². The van der Waals surface area contributed by atoms with E-state index in [1.54, 1.807) is 27.7 Å². The number of carboxylic acids is 1. The third-order valence-electron chi connectivity index (χ3n) is 7.49. The molecule has 4 fully saturated rings. The summed E-state index contributed by atoms with van der Waals surface area (Å²) in [6, 6.07) is -1.60. The largest absolute Gasteiger partial charge is 0.490 e. The summed E-state index contributed by atoms with van der Waals surface area (Å²) in [7, 11) is 4.23. The Hall–Kier alpha value is -2.69. The van der Waals surface area contributed by atoms with Gasteiger partial charge in [0.15, 0.2) is 24.2 Å². The standard InChI is InChI=1S/C25H41N3O12.C2HF3O2/c1-24(2)37-20-18(33-6)16(35-22(20)39-24)11(26)8-13(29)27-10-14(30)28-12(9-15(31)32-5)17-19(34-7)21-23(36-17)40-25(3,4)38-21;3-2(4,5)1(6)7/h11-12,16-23H,8-10,26H2,1-7H3,(H,27,29)(H,28,30);(H,6,7)/t11-,12-,16+,17+,18-,19-,20+,21+,22+,23+;/m0./s1. The smallest absolute Gasteiger partial charge is 0.475 e.